The highest BCUT2D eigenvalue weighted by atomic mass is 16.5. The molecule has 152 valence electrons. The molecule has 1 aliphatic rings. The van der Waals surface area contributed by atoms with Crippen LogP contribution in [0.5, 0.6) is 28.7 Å². The fourth-order valence-corrected chi connectivity index (χ4v) is 3.66. The van der Waals surface area contributed by atoms with Crippen molar-refractivity contribution < 1.29 is 34.3 Å². The van der Waals surface area contributed by atoms with Crippen molar-refractivity contribution in [1.29, 1.82) is 0 Å². The van der Waals surface area contributed by atoms with Crippen LogP contribution in [0, 0.1) is 11.8 Å². The van der Waals surface area contributed by atoms with Gasteiger partial charge in [0, 0.05) is 5.92 Å². The Hall–Kier alpha value is -2.64. The van der Waals surface area contributed by atoms with Crippen molar-refractivity contribution in [3.63, 3.8) is 0 Å². The minimum absolute atomic E-state index is 0.0787. The number of methoxy groups -OCH3 is 3. The lowest BCUT2D eigenvalue weighted by molar-refractivity contribution is 0.0807. The minimum atomic E-state index is -0.810. The molecule has 1 fully saturated rings. The summed E-state index contributed by atoms with van der Waals surface area (Å²) in [6, 6.07) is 8.46. The summed E-state index contributed by atoms with van der Waals surface area (Å²) in [7, 11) is 4.41. The van der Waals surface area contributed by atoms with E-state index < -0.39 is 6.10 Å². The minimum Gasteiger partial charge on any atom is -0.504 e. The molecule has 1 unspecified atom stereocenters. The summed E-state index contributed by atoms with van der Waals surface area (Å²) in [5.41, 5.74) is 1.58. The van der Waals surface area contributed by atoms with Gasteiger partial charge in [0.15, 0.2) is 23.0 Å². The molecule has 0 bridgehead atoms. The predicted molar refractivity (Wildman–Crippen MR) is 102 cm³/mol. The lowest BCUT2D eigenvalue weighted by Gasteiger charge is -2.24. The first-order valence-electron chi connectivity index (χ1n) is 9.05. The first-order valence-corrected chi connectivity index (χ1v) is 9.05. The molecule has 0 spiro atoms. The Bertz CT molecular complexity index is 795. The molecule has 0 aliphatic carbocycles. The number of ether oxygens (including phenoxy) is 4. The van der Waals surface area contributed by atoms with Gasteiger partial charge in [-0.1, -0.05) is 6.07 Å². The molecule has 1 aliphatic heterocycles. The molecule has 3 rings (SSSR count). The third kappa shape index (κ3) is 3.95. The second-order valence-corrected chi connectivity index (χ2v) is 6.89. The largest absolute Gasteiger partial charge is 0.504 e. The van der Waals surface area contributed by atoms with Crippen LogP contribution in [0.25, 0.3) is 0 Å². The van der Waals surface area contributed by atoms with Gasteiger partial charge in [-0.25, -0.2) is 0 Å². The Kier molecular flexibility index (Phi) is 6.16. The van der Waals surface area contributed by atoms with Gasteiger partial charge in [-0.15, -0.1) is 0 Å². The summed E-state index contributed by atoms with van der Waals surface area (Å²) >= 11 is 0. The molecule has 3 atom stereocenters. The molecule has 7 nitrogen and oxygen atoms in total. The van der Waals surface area contributed by atoms with Crippen molar-refractivity contribution in [2.45, 2.75) is 12.5 Å². The Morgan fingerprint density at radius 1 is 0.964 bits per heavy atom. The van der Waals surface area contributed by atoms with Gasteiger partial charge < -0.3 is 34.3 Å². The quantitative estimate of drug-likeness (QED) is 0.669. The smallest absolute Gasteiger partial charge is 0.200 e. The van der Waals surface area contributed by atoms with Crippen molar-refractivity contribution in [1.82, 2.24) is 0 Å². The topological polar surface area (TPSA) is 97.6 Å². The zero-order valence-corrected chi connectivity index (χ0v) is 16.2. The molecule has 1 heterocycles. The summed E-state index contributed by atoms with van der Waals surface area (Å²) < 4.78 is 21.2. The van der Waals surface area contributed by atoms with E-state index in [1.54, 1.807) is 24.3 Å². The molecule has 2 aromatic rings. The number of phenolic OH excluding ortho intramolecular Hbond substituents is 2. The van der Waals surface area contributed by atoms with Crippen LogP contribution < -0.4 is 14.2 Å². The van der Waals surface area contributed by atoms with E-state index in [1.165, 1.54) is 21.3 Å². The Balaban J connectivity index is 1.82. The lowest BCUT2D eigenvalue weighted by Crippen LogP contribution is -2.22. The number of rotatable bonds is 7. The van der Waals surface area contributed by atoms with Crippen LogP contribution in [-0.4, -0.2) is 49.9 Å². The van der Waals surface area contributed by atoms with Gasteiger partial charge in [0.1, 0.15) is 0 Å². The first-order chi connectivity index (χ1) is 13.5. The number of phenols is 2. The average molecular weight is 390 g/mol. The Morgan fingerprint density at radius 2 is 1.61 bits per heavy atom. The number of aliphatic hydroxyl groups excluding tert-OH is 1. The molecule has 3 N–H and O–H groups in total. The highest BCUT2D eigenvalue weighted by Gasteiger charge is 2.35. The maximum absolute atomic E-state index is 11.0. The molecular weight excluding hydrogens is 364 g/mol. The van der Waals surface area contributed by atoms with Crippen molar-refractivity contribution in [2.75, 3.05) is 34.5 Å². The van der Waals surface area contributed by atoms with Crippen molar-refractivity contribution in [3.05, 3.63) is 41.5 Å². The van der Waals surface area contributed by atoms with Crippen LogP contribution in [0.4, 0.5) is 0 Å². The van der Waals surface area contributed by atoms with Gasteiger partial charge in [-0.2, -0.15) is 0 Å². The number of aliphatic hydroxyl groups is 1. The fraction of sp³-hybridized carbons (Fsp3) is 0.429. The fourth-order valence-electron chi connectivity index (χ4n) is 3.66. The Morgan fingerprint density at radius 3 is 2.21 bits per heavy atom. The van der Waals surface area contributed by atoms with Crippen LogP contribution in [0.1, 0.15) is 17.2 Å². The van der Waals surface area contributed by atoms with Crippen molar-refractivity contribution in [2.24, 2.45) is 11.8 Å². The third-order valence-corrected chi connectivity index (χ3v) is 5.24. The van der Waals surface area contributed by atoms with E-state index in [-0.39, 0.29) is 34.8 Å². The highest BCUT2D eigenvalue weighted by molar-refractivity contribution is 5.53. The van der Waals surface area contributed by atoms with Crippen LogP contribution in [0.15, 0.2) is 30.3 Å². The summed E-state index contributed by atoms with van der Waals surface area (Å²) in [5, 5.41) is 30.9. The van der Waals surface area contributed by atoms with Crippen LogP contribution in [0.3, 0.4) is 0 Å². The first kappa shape index (κ1) is 20.1. The van der Waals surface area contributed by atoms with Gasteiger partial charge in [0.25, 0.3) is 0 Å². The van der Waals surface area contributed by atoms with Gasteiger partial charge in [0.2, 0.25) is 5.75 Å². The number of benzene rings is 2. The number of aromatic hydroxyl groups is 2. The SMILES string of the molecule is COc1cc(C[C@H]2COC[C@@H]2C(O)c2cc(OC)c(O)c(OC)c2)ccc1O. The summed E-state index contributed by atoms with van der Waals surface area (Å²) in [6.45, 7) is 0.948. The van der Waals surface area contributed by atoms with E-state index in [0.29, 0.717) is 30.9 Å². The molecule has 0 radical (unpaired) electrons. The molecule has 2 aromatic carbocycles. The van der Waals surface area contributed by atoms with Gasteiger partial charge >= 0.3 is 0 Å². The molecule has 0 amide bonds. The second kappa shape index (κ2) is 8.58. The predicted octanol–water partition coefficient (Wildman–Crippen LogP) is 2.66. The lowest BCUT2D eigenvalue weighted by atomic mass is 9.83. The van der Waals surface area contributed by atoms with Crippen LogP contribution in [0.2, 0.25) is 0 Å². The van der Waals surface area contributed by atoms with Gasteiger partial charge in [0.05, 0.1) is 40.6 Å². The zero-order chi connectivity index (χ0) is 20.3. The number of hydrogen-bond donors (Lipinski definition) is 3. The van der Waals surface area contributed by atoms with E-state index in [2.05, 4.69) is 0 Å². The summed E-state index contributed by atoms with van der Waals surface area (Å²) in [4.78, 5) is 0. The summed E-state index contributed by atoms with van der Waals surface area (Å²) in [5.74, 6) is 0.833. The van der Waals surface area contributed by atoms with Crippen LogP contribution >= 0.6 is 0 Å². The molecule has 1 saturated heterocycles. The molecule has 0 saturated carbocycles. The third-order valence-electron chi connectivity index (χ3n) is 5.24. The Labute approximate surface area is 164 Å². The maximum Gasteiger partial charge on any atom is 0.200 e. The van der Waals surface area contributed by atoms with Crippen LogP contribution in [-0.2, 0) is 11.2 Å². The molecule has 0 aromatic heterocycles. The molecular formula is C21H26O7. The van der Waals surface area contributed by atoms with Crippen molar-refractivity contribution in [3.8, 4) is 28.7 Å². The van der Waals surface area contributed by atoms with Gasteiger partial charge in [-0.3, -0.25) is 0 Å². The second-order valence-electron chi connectivity index (χ2n) is 6.89. The van der Waals surface area contributed by atoms with E-state index in [1.807, 2.05) is 6.07 Å². The monoisotopic (exact) mass is 390 g/mol. The maximum atomic E-state index is 11.0. The molecule has 7 heteroatoms. The van der Waals surface area contributed by atoms with E-state index in [9.17, 15) is 15.3 Å². The molecule has 28 heavy (non-hydrogen) atoms. The summed E-state index contributed by atoms with van der Waals surface area (Å²) in [6.07, 6.45) is -0.139. The van der Waals surface area contributed by atoms with Crippen molar-refractivity contribution >= 4 is 0 Å². The van der Waals surface area contributed by atoms with E-state index >= 15 is 0 Å². The number of hydrogen-bond acceptors (Lipinski definition) is 7. The van der Waals surface area contributed by atoms with E-state index in [0.717, 1.165) is 5.56 Å². The normalized spacial score (nSPS) is 20.0. The average Bonchev–Trinajstić information content (AvgIpc) is 3.17. The zero-order valence-electron chi connectivity index (χ0n) is 16.2. The van der Waals surface area contributed by atoms with Gasteiger partial charge in [-0.05, 0) is 47.7 Å². The highest BCUT2D eigenvalue weighted by Crippen LogP contribution is 2.42. The van der Waals surface area contributed by atoms with E-state index in [4.69, 9.17) is 18.9 Å². The standard InChI is InChI=1S/C21H26O7/c1-25-17-7-12(4-5-16(17)22)6-14-10-28-11-15(14)20(23)13-8-18(26-2)21(24)19(9-13)27-3/h4-5,7-9,14-15,20,22-24H,6,10-11H2,1-3H3/t14-,15-,20?/m0/s1.